The van der Waals surface area contributed by atoms with Gasteiger partial charge in [-0.15, -0.1) is 11.6 Å². The predicted molar refractivity (Wildman–Crippen MR) is 81.2 cm³/mol. The molecule has 0 aliphatic heterocycles. The lowest BCUT2D eigenvalue weighted by Gasteiger charge is -2.15. The van der Waals surface area contributed by atoms with Crippen LogP contribution in [0.4, 0.5) is 0 Å². The van der Waals surface area contributed by atoms with E-state index in [4.69, 9.17) is 20.8 Å². The molecule has 4 heteroatoms. The number of furan rings is 1. The van der Waals surface area contributed by atoms with Crippen LogP contribution in [0.5, 0.6) is 5.75 Å². The fourth-order valence-corrected chi connectivity index (χ4v) is 2.84. The Morgan fingerprint density at radius 1 is 1.26 bits per heavy atom. The number of hydrogen-bond donors (Lipinski definition) is 0. The van der Waals surface area contributed by atoms with Crippen LogP contribution in [-0.2, 0) is 0 Å². The Bertz CT molecular complexity index is 578. The summed E-state index contributed by atoms with van der Waals surface area (Å²) in [6, 6.07) is 7.85. The Morgan fingerprint density at radius 3 is 2.58 bits per heavy atom. The topological polar surface area (TPSA) is 22.4 Å². The van der Waals surface area contributed by atoms with Gasteiger partial charge in [-0.1, -0.05) is 15.9 Å². The summed E-state index contributed by atoms with van der Waals surface area (Å²) in [6.45, 7) is 6.42. The zero-order valence-electron chi connectivity index (χ0n) is 11.2. The van der Waals surface area contributed by atoms with Crippen molar-refractivity contribution in [2.45, 2.75) is 26.1 Å². The van der Waals surface area contributed by atoms with E-state index in [1.54, 1.807) is 0 Å². The third kappa shape index (κ3) is 3.15. The summed E-state index contributed by atoms with van der Waals surface area (Å²) in [7, 11) is 0. The van der Waals surface area contributed by atoms with Crippen molar-refractivity contribution in [3.05, 3.63) is 51.4 Å². The molecule has 0 aliphatic carbocycles. The molecule has 1 heterocycles. The summed E-state index contributed by atoms with van der Waals surface area (Å²) in [5, 5.41) is -0.281. The molecule has 0 bridgehead atoms. The number of halogens is 2. The van der Waals surface area contributed by atoms with Crippen LogP contribution in [0.15, 0.2) is 33.2 Å². The molecule has 19 heavy (non-hydrogen) atoms. The molecule has 2 rings (SSSR count). The molecule has 0 saturated carbocycles. The quantitative estimate of drug-likeness (QED) is 0.695. The minimum atomic E-state index is -0.281. The number of ether oxygens (including phenoxy) is 1. The zero-order chi connectivity index (χ0) is 14.0. The third-order valence-corrected chi connectivity index (χ3v) is 3.86. The summed E-state index contributed by atoms with van der Waals surface area (Å²) in [4.78, 5) is 0. The fourth-order valence-electron chi connectivity index (χ4n) is 2.07. The van der Waals surface area contributed by atoms with Gasteiger partial charge < -0.3 is 9.15 Å². The smallest absolute Gasteiger partial charge is 0.124 e. The number of benzene rings is 1. The Morgan fingerprint density at radius 2 is 2.00 bits per heavy atom. The lowest BCUT2D eigenvalue weighted by Crippen LogP contribution is -2.00. The van der Waals surface area contributed by atoms with Crippen LogP contribution >= 0.6 is 27.5 Å². The van der Waals surface area contributed by atoms with Crippen molar-refractivity contribution in [2.75, 3.05) is 6.61 Å². The van der Waals surface area contributed by atoms with E-state index in [-0.39, 0.29) is 5.38 Å². The van der Waals surface area contributed by atoms with Crippen molar-refractivity contribution >= 4 is 27.5 Å². The zero-order valence-corrected chi connectivity index (χ0v) is 13.5. The first-order valence-corrected chi connectivity index (χ1v) is 7.39. The minimum Gasteiger partial charge on any atom is -0.494 e. The van der Waals surface area contributed by atoms with Crippen molar-refractivity contribution in [1.29, 1.82) is 0 Å². The van der Waals surface area contributed by atoms with Crippen LogP contribution in [0.3, 0.4) is 0 Å². The maximum atomic E-state index is 6.60. The van der Waals surface area contributed by atoms with Crippen LogP contribution in [0.2, 0.25) is 0 Å². The second-order valence-electron chi connectivity index (χ2n) is 4.35. The summed E-state index contributed by atoms with van der Waals surface area (Å²) in [5.41, 5.74) is 1.93. The van der Waals surface area contributed by atoms with Crippen LogP contribution in [0.25, 0.3) is 0 Å². The summed E-state index contributed by atoms with van der Waals surface area (Å²) >= 11 is 10.1. The van der Waals surface area contributed by atoms with Crippen molar-refractivity contribution in [2.24, 2.45) is 0 Å². The first-order valence-electron chi connectivity index (χ1n) is 6.16. The third-order valence-electron chi connectivity index (χ3n) is 2.90. The molecule has 2 nitrogen and oxygen atoms in total. The summed E-state index contributed by atoms with van der Waals surface area (Å²) in [6.07, 6.45) is 0. The highest BCUT2D eigenvalue weighted by molar-refractivity contribution is 9.10. The number of rotatable bonds is 4. The van der Waals surface area contributed by atoms with Crippen molar-refractivity contribution in [3.63, 3.8) is 0 Å². The molecule has 1 aromatic carbocycles. The second kappa shape index (κ2) is 6.02. The van der Waals surface area contributed by atoms with Gasteiger partial charge in [0, 0.05) is 15.6 Å². The normalized spacial score (nSPS) is 12.5. The molecule has 1 unspecified atom stereocenters. The van der Waals surface area contributed by atoms with Crippen LogP contribution in [0.1, 0.15) is 34.9 Å². The van der Waals surface area contributed by atoms with Gasteiger partial charge in [0.05, 0.1) is 12.0 Å². The van der Waals surface area contributed by atoms with Gasteiger partial charge in [-0.2, -0.15) is 0 Å². The molecule has 0 N–H and O–H groups in total. The maximum Gasteiger partial charge on any atom is 0.124 e. The molecule has 0 radical (unpaired) electrons. The van der Waals surface area contributed by atoms with Gasteiger partial charge in [0.1, 0.15) is 17.3 Å². The first kappa shape index (κ1) is 14.5. The van der Waals surface area contributed by atoms with Crippen LogP contribution in [0, 0.1) is 13.8 Å². The van der Waals surface area contributed by atoms with Gasteiger partial charge in [0.15, 0.2) is 0 Å². The van der Waals surface area contributed by atoms with Gasteiger partial charge in [-0.3, -0.25) is 0 Å². The van der Waals surface area contributed by atoms with E-state index in [0.717, 1.165) is 32.9 Å². The number of alkyl halides is 1. The minimum absolute atomic E-state index is 0.281. The van der Waals surface area contributed by atoms with Crippen molar-refractivity contribution in [3.8, 4) is 5.75 Å². The molecule has 1 aromatic heterocycles. The molecule has 0 fully saturated rings. The average Bonchev–Trinajstić information content (AvgIpc) is 2.70. The molecule has 0 spiro atoms. The molecule has 2 aromatic rings. The van der Waals surface area contributed by atoms with E-state index in [1.165, 1.54) is 0 Å². The maximum absolute atomic E-state index is 6.60. The van der Waals surface area contributed by atoms with E-state index in [1.807, 2.05) is 45.0 Å². The monoisotopic (exact) mass is 342 g/mol. The highest BCUT2D eigenvalue weighted by atomic mass is 79.9. The van der Waals surface area contributed by atoms with E-state index in [9.17, 15) is 0 Å². The fraction of sp³-hybridized carbons (Fsp3) is 0.333. The standard InChI is InChI=1S/C15H16BrClO2/c1-4-18-14-6-5-11(16)8-13(14)15(17)12-7-9(2)19-10(12)3/h5-8,15H,4H2,1-3H3. The van der Waals surface area contributed by atoms with Gasteiger partial charge >= 0.3 is 0 Å². The lowest BCUT2D eigenvalue weighted by atomic mass is 10.0. The average molecular weight is 344 g/mol. The molecule has 0 amide bonds. The van der Waals surface area contributed by atoms with Crippen molar-refractivity contribution < 1.29 is 9.15 Å². The predicted octanol–water partition coefficient (Wildman–Crippen LogP) is 5.39. The van der Waals surface area contributed by atoms with Gasteiger partial charge in [-0.05, 0) is 45.0 Å². The molecule has 0 saturated heterocycles. The van der Waals surface area contributed by atoms with E-state index in [2.05, 4.69) is 15.9 Å². The lowest BCUT2D eigenvalue weighted by molar-refractivity contribution is 0.336. The Hall–Kier alpha value is -0.930. The Balaban J connectivity index is 2.45. The Kier molecular flexibility index (Phi) is 4.58. The molecule has 102 valence electrons. The number of aryl methyl sites for hydroxylation is 2. The van der Waals surface area contributed by atoms with Crippen LogP contribution < -0.4 is 4.74 Å². The van der Waals surface area contributed by atoms with E-state index >= 15 is 0 Å². The molecule has 0 aliphatic rings. The largest absolute Gasteiger partial charge is 0.494 e. The summed E-state index contributed by atoms with van der Waals surface area (Å²) in [5.74, 6) is 2.52. The number of hydrogen-bond acceptors (Lipinski definition) is 2. The Labute approximate surface area is 126 Å². The summed E-state index contributed by atoms with van der Waals surface area (Å²) < 4.78 is 12.2. The molecular formula is C15H16BrClO2. The highest BCUT2D eigenvalue weighted by Crippen LogP contribution is 2.39. The van der Waals surface area contributed by atoms with Crippen LogP contribution in [-0.4, -0.2) is 6.61 Å². The highest BCUT2D eigenvalue weighted by Gasteiger charge is 2.20. The SMILES string of the molecule is CCOc1ccc(Br)cc1C(Cl)c1cc(C)oc1C. The second-order valence-corrected chi connectivity index (χ2v) is 5.70. The van der Waals surface area contributed by atoms with E-state index in [0.29, 0.717) is 6.61 Å². The van der Waals surface area contributed by atoms with Gasteiger partial charge in [-0.25, -0.2) is 0 Å². The van der Waals surface area contributed by atoms with E-state index < -0.39 is 0 Å². The molecule has 1 atom stereocenters. The first-order chi connectivity index (χ1) is 9.02. The molecular weight excluding hydrogens is 328 g/mol. The van der Waals surface area contributed by atoms with Gasteiger partial charge in [0.2, 0.25) is 0 Å². The van der Waals surface area contributed by atoms with Gasteiger partial charge in [0.25, 0.3) is 0 Å². The van der Waals surface area contributed by atoms with Crippen molar-refractivity contribution in [1.82, 2.24) is 0 Å².